The summed E-state index contributed by atoms with van der Waals surface area (Å²) in [4.78, 5) is 42.1. The van der Waals surface area contributed by atoms with E-state index in [0.29, 0.717) is 68.6 Å². The van der Waals surface area contributed by atoms with Crippen LogP contribution in [0.4, 0.5) is 0 Å². The second-order valence-electron chi connectivity index (χ2n) is 8.55. The summed E-state index contributed by atoms with van der Waals surface area (Å²) in [5.41, 5.74) is 4.65. The number of aliphatic hydroxyl groups is 1. The van der Waals surface area contributed by atoms with Crippen LogP contribution in [-0.2, 0) is 14.4 Å². The fourth-order valence-electron chi connectivity index (χ4n) is 4.09. The molecule has 10 heteroatoms. The molecule has 0 radical (unpaired) electrons. The molecule has 0 spiro atoms. The first kappa shape index (κ1) is 25.5. The van der Waals surface area contributed by atoms with Gasteiger partial charge in [0.2, 0.25) is 17.7 Å². The van der Waals surface area contributed by atoms with E-state index in [0.717, 1.165) is 18.5 Å². The van der Waals surface area contributed by atoms with E-state index in [4.69, 9.17) is 28.9 Å². The van der Waals surface area contributed by atoms with Crippen molar-refractivity contribution >= 4 is 47.0 Å². The highest BCUT2D eigenvalue weighted by Gasteiger charge is 2.37. The summed E-state index contributed by atoms with van der Waals surface area (Å²) in [6, 6.07) is 5.15. The highest BCUT2D eigenvalue weighted by Crippen LogP contribution is 2.23. The molecule has 2 aliphatic rings. The normalized spacial score (nSPS) is 19.7. The number of nitrogens with zero attached hydrogens (tertiary/aromatic N) is 3. The summed E-state index contributed by atoms with van der Waals surface area (Å²) in [6.45, 7) is 3.93. The molecule has 33 heavy (non-hydrogen) atoms. The van der Waals surface area contributed by atoms with Crippen LogP contribution in [0.2, 0.25) is 10.0 Å². The number of halogens is 2. The number of amides is 3. The van der Waals surface area contributed by atoms with Crippen LogP contribution in [0.3, 0.4) is 0 Å². The average Bonchev–Trinajstić information content (AvgIpc) is 2.97. The molecule has 0 atom stereocenters. The van der Waals surface area contributed by atoms with Gasteiger partial charge in [-0.25, -0.2) is 0 Å². The molecule has 0 aliphatic carbocycles. The van der Waals surface area contributed by atoms with Crippen molar-refractivity contribution in [2.45, 2.75) is 31.3 Å². The van der Waals surface area contributed by atoms with E-state index >= 15 is 0 Å². The zero-order valence-electron chi connectivity index (χ0n) is 18.5. The monoisotopic (exact) mass is 496 g/mol. The summed E-state index contributed by atoms with van der Waals surface area (Å²) < 4.78 is 0. The number of carbonyl (C=O) groups excluding carboxylic acids is 3. The number of benzene rings is 1. The smallest absolute Gasteiger partial charge is 0.249 e. The number of nitrogens with two attached hydrogens (primary N) is 1. The van der Waals surface area contributed by atoms with E-state index in [1.165, 1.54) is 6.08 Å². The lowest BCUT2D eigenvalue weighted by Crippen LogP contribution is -2.52. The topological polar surface area (TPSA) is 107 Å². The first-order valence-electron chi connectivity index (χ1n) is 11.1. The highest BCUT2D eigenvalue weighted by atomic mass is 35.5. The second kappa shape index (κ2) is 11.3. The van der Waals surface area contributed by atoms with Crippen molar-refractivity contribution in [1.29, 1.82) is 0 Å². The number of piperidine rings is 1. The molecule has 2 fully saturated rings. The maximum Gasteiger partial charge on any atom is 0.249 e. The standard InChI is InChI=1S/C23H30Cl2N4O4/c24-18-4-2-17(16-19(18)25)3-5-20(30)29-11-6-21(31)28(14-15-29)10-1-9-27-12-7-23(33,8-13-27)22(26)32/h2-5,16,33H,1,6-15H2,(H2,26,32)/b5-3+. The first-order chi connectivity index (χ1) is 15.7. The first-order valence-corrected chi connectivity index (χ1v) is 11.9. The van der Waals surface area contributed by atoms with Gasteiger partial charge in [0.15, 0.2) is 0 Å². The zero-order valence-corrected chi connectivity index (χ0v) is 20.0. The van der Waals surface area contributed by atoms with Crippen LogP contribution >= 0.6 is 23.2 Å². The maximum absolute atomic E-state index is 12.6. The van der Waals surface area contributed by atoms with Crippen molar-refractivity contribution in [1.82, 2.24) is 14.7 Å². The molecule has 2 heterocycles. The SMILES string of the molecule is NC(=O)C1(O)CCN(CCCN2CCN(C(=O)/C=C/c3ccc(Cl)c(Cl)c3)CCC2=O)CC1. The third-order valence-corrected chi connectivity index (χ3v) is 7.05. The van der Waals surface area contributed by atoms with E-state index in [1.807, 2.05) is 0 Å². The molecule has 3 rings (SSSR count). The van der Waals surface area contributed by atoms with Crippen LogP contribution < -0.4 is 5.73 Å². The van der Waals surface area contributed by atoms with Gasteiger partial charge in [-0.05, 0) is 49.6 Å². The van der Waals surface area contributed by atoms with Crippen LogP contribution in [0.1, 0.15) is 31.2 Å². The van der Waals surface area contributed by atoms with Crippen LogP contribution in [0.15, 0.2) is 24.3 Å². The Morgan fingerprint density at radius 1 is 1.06 bits per heavy atom. The predicted octanol–water partition coefficient (Wildman–Crippen LogP) is 1.77. The molecular formula is C23H30Cl2N4O4. The van der Waals surface area contributed by atoms with Crippen LogP contribution in [0.25, 0.3) is 6.08 Å². The number of hydrogen-bond acceptors (Lipinski definition) is 5. The fourth-order valence-corrected chi connectivity index (χ4v) is 4.40. The van der Waals surface area contributed by atoms with Gasteiger partial charge < -0.3 is 25.5 Å². The molecule has 8 nitrogen and oxygen atoms in total. The Morgan fingerprint density at radius 3 is 2.45 bits per heavy atom. The van der Waals surface area contributed by atoms with Gasteiger partial charge in [-0.2, -0.15) is 0 Å². The lowest BCUT2D eigenvalue weighted by molar-refractivity contribution is -0.141. The Kier molecular flexibility index (Phi) is 8.75. The summed E-state index contributed by atoms with van der Waals surface area (Å²) >= 11 is 11.9. The van der Waals surface area contributed by atoms with E-state index in [1.54, 1.807) is 34.1 Å². The van der Waals surface area contributed by atoms with Crippen LogP contribution in [0, 0.1) is 0 Å². The van der Waals surface area contributed by atoms with Crippen molar-refractivity contribution in [3.05, 3.63) is 39.9 Å². The third kappa shape index (κ3) is 6.93. The number of carbonyl (C=O) groups is 3. The number of likely N-dealkylation sites (tertiary alicyclic amines) is 1. The molecule has 1 aromatic carbocycles. The van der Waals surface area contributed by atoms with Gasteiger partial charge in [0.05, 0.1) is 10.0 Å². The molecule has 3 amide bonds. The molecule has 2 aliphatic heterocycles. The minimum absolute atomic E-state index is 0.0421. The van der Waals surface area contributed by atoms with Crippen molar-refractivity contribution in [2.75, 3.05) is 45.8 Å². The van der Waals surface area contributed by atoms with Crippen molar-refractivity contribution < 1.29 is 19.5 Å². The van der Waals surface area contributed by atoms with E-state index in [9.17, 15) is 19.5 Å². The lowest BCUT2D eigenvalue weighted by Gasteiger charge is -2.36. The average molecular weight is 497 g/mol. The van der Waals surface area contributed by atoms with Gasteiger partial charge in [-0.3, -0.25) is 14.4 Å². The fraction of sp³-hybridized carbons (Fsp3) is 0.522. The molecule has 2 saturated heterocycles. The van der Waals surface area contributed by atoms with Crippen molar-refractivity contribution in [3.8, 4) is 0 Å². The minimum atomic E-state index is -1.40. The Morgan fingerprint density at radius 2 is 1.79 bits per heavy atom. The largest absolute Gasteiger partial charge is 0.380 e. The quantitative estimate of drug-likeness (QED) is 0.559. The lowest BCUT2D eigenvalue weighted by atomic mass is 9.91. The van der Waals surface area contributed by atoms with Crippen molar-refractivity contribution in [3.63, 3.8) is 0 Å². The Balaban J connectivity index is 1.43. The van der Waals surface area contributed by atoms with Crippen LogP contribution in [0.5, 0.6) is 0 Å². The van der Waals surface area contributed by atoms with Gasteiger partial charge in [0, 0.05) is 51.8 Å². The van der Waals surface area contributed by atoms with E-state index < -0.39 is 11.5 Å². The maximum atomic E-state index is 12.6. The Labute approximate surface area is 203 Å². The van der Waals surface area contributed by atoms with Gasteiger partial charge in [-0.1, -0.05) is 29.3 Å². The molecular weight excluding hydrogens is 467 g/mol. The molecule has 3 N–H and O–H groups in total. The summed E-state index contributed by atoms with van der Waals surface area (Å²) in [5.74, 6) is -0.769. The molecule has 180 valence electrons. The number of rotatable bonds is 7. The molecule has 0 bridgehead atoms. The van der Waals surface area contributed by atoms with Gasteiger partial charge in [-0.15, -0.1) is 0 Å². The molecule has 1 aromatic rings. The number of primary amides is 1. The molecule has 0 unspecified atom stereocenters. The summed E-state index contributed by atoms with van der Waals surface area (Å²) in [5, 5.41) is 11.0. The van der Waals surface area contributed by atoms with Gasteiger partial charge in [0.1, 0.15) is 5.60 Å². The predicted molar refractivity (Wildman–Crippen MR) is 128 cm³/mol. The summed E-state index contributed by atoms with van der Waals surface area (Å²) in [6.07, 6.45) is 4.92. The van der Waals surface area contributed by atoms with Gasteiger partial charge >= 0.3 is 0 Å². The van der Waals surface area contributed by atoms with Crippen molar-refractivity contribution in [2.24, 2.45) is 5.73 Å². The molecule has 0 aromatic heterocycles. The van der Waals surface area contributed by atoms with E-state index in [2.05, 4.69) is 4.90 Å². The molecule has 0 saturated carbocycles. The minimum Gasteiger partial charge on any atom is -0.380 e. The highest BCUT2D eigenvalue weighted by molar-refractivity contribution is 6.42. The third-order valence-electron chi connectivity index (χ3n) is 6.31. The number of hydrogen-bond donors (Lipinski definition) is 2. The van der Waals surface area contributed by atoms with Gasteiger partial charge in [0.25, 0.3) is 0 Å². The second-order valence-corrected chi connectivity index (χ2v) is 9.37. The summed E-state index contributed by atoms with van der Waals surface area (Å²) in [7, 11) is 0. The zero-order chi connectivity index (χ0) is 24.0. The van der Waals surface area contributed by atoms with E-state index in [-0.39, 0.29) is 11.8 Å². The van der Waals surface area contributed by atoms with Crippen LogP contribution in [-0.4, -0.2) is 88.9 Å². The Hall–Kier alpha value is -2.13. The Bertz CT molecular complexity index is 916.